The summed E-state index contributed by atoms with van der Waals surface area (Å²) < 4.78 is 56.7. The number of alkyl halides is 3. The Morgan fingerprint density at radius 1 is 1.09 bits per heavy atom. The number of hydrogen-bond acceptors (Lipinski definition) is 6. The molecule has 35 heavy (non-hydrogen) atoms. The Bertz CT molecular complexity index is 1280. The fourth-order valence-corrected chi connectivity index (χ4v) is 4.10. The number of nitrogens with zero attached hydrogens (tertiary/aromatic N) is 3. The van der Waals surface area contributed by atoms with Gasteiger partial charge in [-0.3, -0.25) is 9.00 Å². The monoisotopic (exact) mass is 504 g/mol. The Balaban J connectivity index is 1.66. The van der Waals surface area contributed by atoms with Crippen LogP contribution in [0.4, 0.5) is 24.7 Å². The molecule has 4 rings (SSSR count). The Hall–Kier alpha value is -3.31. The van der Waals surface area contributed by atoms with Crippen molar-refractivity contribution in [3.8, 4) is 11.3 Å². The van der Waals surface area contributed by atoms with Crippen molar-refractivity contribution in [2.45, 2.75) is 18.3 Å². The average molecular weight is 505 g/mol. The minimum Gasteiger partial charge on any atom is -0.378 e. The summed E-state index contributed by atoms with van der Waals surface area (Å²) in [6, 6.07) is 11.2. The van der Waals surface area contributed by atoms with Gasteiger partial charge in [0.1, 0.15) is 5.82 Å². The Kier molecular flexibility index (Phi) is 7.18. The molecule has 3 aromatic rings. The molecule has 1 aromatic heterocycles. The molecule has 1 unspecified atom stereocenters. The maximum atomic E-state index is 13.0. The minimum absolute atomic E-state index is 0.109. The Morgan fingerprint density at radius 2 is 1.83 bits per heavy atom. The van der Waals surface area contributed by atoms with Crippen LogP contribution in [0.15, 0.2) is 53.7 Å². The van der Waals surface area contributed by atoms with Gasteiger partial charge in [-0.05, 0) is 42.8 Å². The zero-order chi connectivity index (χ0) is 25.2. The highest BCUT2D eigenvalue weighted by Crippen LogP contribution is 2.31. The second-order valence-electron chi connectivity index (χ2n) is 8.01. The van der Waals surface area contributed by atoms with Crippen molar-refractivity contribution in [3.05, 3.63) is 65.2 Å². The topological polar surface area (TPSA) is 84.4 Å². The molecule has 1 aliphatic heterocycles. The predicted octanol–water partition coefficient (Wildman–Crippen LogP) is 4.30. The van der Waals surface area contributed by atoms with E-state index in [1.54, 1.807) is 24.3 Å². The minimum atomic E-state index is -4.55. The molecular weight excluding hydrogens is 481 g/mol. The molecule has 0 bridgehead atoms. The Morgan fingerprint density at radius 3 is 2.51 bits per heavy atom. The number of amides is 1. The molecule has 1 aliphatic rings. The number of carbonyl (C=O) groups excluding carboxylic acids is 1. The number of benzene rings is 2. The molecule has 2 aromatic carbocycles. The molecule has 0 radical (unpaired) electrons. The molecule has 7 nitrogen and oxygen atoms in total. The normalized spacial score (nSPS) is 15.1. The van der Waals surface area contributed by atoms with Crippen LogP contribution in [0, 0.1) is 6.92 Å². The number of morpholine rings is 1. The lowest BCUT2D eigenvalue weighted by molar-refractivity contribution is -0.137. The van der Waals surface area contributed by atoms with Crippen LogP contribution in [0.3, 0.4) is 0 Å². The molecule has 0 spiro atoms. The van der Waals surface area contributed by atoms with Crippen molar-refractivity contribution < 1.29 is 26.9 Å². The summed E-state index contributed by atoms with van der Waals surface area (Å²) in [6.45, 7) is 4.25. The molecular formula is C24H23F3N4O3S. The standard InChI is InChI=1S/C24H23F3N4O3S/c1-15-6-7-18(28-22(32)16-4-3-5-17(12-16)24(25,26)27)13-19(15)20-14-21(30-23(29-20)35(2)33)31-8-10-34-11-9-31/h3-7,12-14H,8-11H2,1-2H3,(H,28,32). The van der Waals surface area contributed by atoms with Gasteiger partial charge in [0.2, 0.25) is 5.16 Å². The van der Waals surface area contributed by atoms with Crippen LogP contribution < -0.4 is 10.2 Å². The molecule has 184 valence electrons. The number of nitrogens with one attached hydrogen (secondary N) is 1. The van der Waals surface area contributed by atoms with Gasteiger partial charge in [-0.15, -0.1) is 0 Å². The smallest absolute Gasteiger partial charge is 0.378 e. The lowest BCUT2D eigenvalue weighted by Gasteiger charge is -2.28. The molecule has 0 aliphatic carbocycles. The van der Waals surface area contributed by atoms with E-state index in [-0.39, 0.29) is 10.7 Å². The van der Waals surface area contributed by atoms with E-state index in [4.69, 9.17) is 4.74 Å². The fraction of sp³-hybridized carbons (Fsp3) is 0.292. The van der Waals surface area contributed by atoms with Gasteiger partial charge in [0.15, 0.2) is 0 Å². The van der Waals surface area contributed by atoms with Crippen molar-refractivity contribution in [2.75, 3.05) is 42.8 Å². The quantitative estimate of drug-likeness (QED) is 0.522. The summed E-state index contributed by atoms with van der Waals surface area (Å²) in [5.41, 5.74) is 1.43. The second-order valence-corrected chi connectivity index (χ2v) is 9.28. The number of anilines is 2. The summed E-state index contributed by atoms with van der Waals surface area (Å²) in [5, 5.41) is 2.84. The fourth-order valence-electron chi connectivity index (χ4n) is 3.65. The number of hydrogen-bond donors (Lipinski definition) is 1. The van der Waals surface area contributed by atoms with Gasteiger partial charge in [0.05, 0.1) is 35.3 Å². The van der Waals surface area contributed by atoms with E-state index in [0.717, 1.165) is 17.7 Å². The van der Waals surface area contributed by atoms with E-state index in [9.17, 15) is 22.2 Å². The summed E-state index contributed by atoms with van der Waals surface area (Å²) in [5.74, 6) is -0.0424. The highest BCUT2D eigenvalue weighted by atomic mass is 32.2. The van der Waals surface area contributed by atoms with E-state index in [2.05, 4.69) is 15.3 Å². The van der Waals surface area contributed by atoms with Crippen molar-refractivity contribution in [1.82, 2.24) is 9.97 Å². The number of rotatable bonds is 5. The third kappa shape index (κ3) is 5.85. The molecule has 11 heteroatoms. The van der Waals surface area contributed by atoms with Crippen molar-refractivity contribution in [3.63, 3.8) is 0 Å². The SMILES string of the molecule is Cc1ccc(NC(=O)c2cccc(C(F)(F)F)c2)cc1-c1cc(N2CCOCC2)nc(S(C)=O)n1. The predicted molar refractivity (Wildman–Crippen MR) is 127 cm³/mol. The largest absolute Gasteiger partial charge is 0.416 e. The highest BCUT2D eigenvalue weighted by molar-refractivity contribution is 7.84. The number of carbonyl (C=O) groups is 1. The van der Waals surface area contributed by atoms with E-state index < -0.39 is 28.4 Å². The first-order valence-electron chi connectivity index (χ1n) is 10.8. The van der Waals surface area contributed by atoms with Crippen LogP contribution in [0.1, 0.15) is 21.5 Å². The van der Waals surface area contributed by atoms with Crippen LogP contribution in [-0.2, 0) is 21.7 Å². The second kappa shape index (κ2) is 10.1. The number of halogens is 3. The van der Waals surface area contributed by atoms with E-state index in [1.165, 1.54) is 18.4 Å². The van der Waals surface area contributed by atoms with Crippen LogP contribution in [0.2, 0.25) is 0 Å². The molecule has 0 saturated carbocycles. The van der Waals surface area contributed by atoms with Gasteiger partial charge in [-0.1, -0.05) is 12.1 Å². The van der Waals surface area contributed by atoms with E-state index in [0.29, 0.717) is 49.1 Å². The van der Waals surface area contributed by atoms with Crippen molar-refractivity contribution >= 4 is 28.2 Å². The first kappa shape index (κ1) is 24.8. The van der Waals surface area contributed by atoms with Gasteiger partial charge in [0, 0.05) is 42.2 Å². The average Bonchev–Trinajstić information content (AvgIpc) is 2.85. The van der Waals surface area contributed by atoms with Gasteiger partial charge < -0.3 is 15.0 Å². The van der Waals surface area contributed by atoms with Crippen molar-refractivity contribution in [1.29, 1.82) is 0 Å². The number of aryl methyl sites for hydroxylation is 1. The van der Waals surface area contributed by atoms with Gasteiger partial charge in [-0.2, -0.15) is 13.2 Å². The molecule has 1 amide bonds. The summed E-state index contributed by atoms with van der Waals surface area (Å²) in [6.07, 6.45) is -3.05. The van der Waals surface area contributed by atoms with Crippen LogP contribution in [0.5, 0.6) is 0 Å². The Labute approximate surface area is 202 Å². The summed E-state index contributed by atoms with van der Waals surface area (Å²) in [4.78, 5) is 23.6. The number of ether oxygens (including phenoxy) is 1. The van der Waals surface area contributed by atoms with Crippen LogP contribution >= 0.6 is 0 Å². The molecule has 1 fully saturated rings. The molecule has 1 atom stereocenters. The summed E-state index contributed by atoms with van der Waals surface area (Å²) in [7, 11) is -1.43. The van der Waals surface area contributed by atoms with Gasteiger partial charge in [-0.25, -0.2) is 9.97 Å². The maximum Gasteiger partial charge on any atom is 0.416 e. The summed E-state index contributed by atoms with van der Waals surface area (Å²) >= 11 is 0. The first-order valence-corrected chi connectivity index (χ1v) is 12.3. The highest BCUT2D eigenvalue weighted by Gasteiger charge is 2.31. The van der Waals surface area contributed by atoms with E-state index >= 15 is 0 Å². The van der Waals surface area contributed by atoms with Gasteiger partial charge >= 0.3 is 6.18 Å². The molecule has 1 N–H and O–H groups in total. The molecule has 1 saturated heterocycles. The lowest BCUT2D eigenvalue weighted by Crippen LogP contribution is -2.37. The van der Waals surface area contributed by atoms with Crippen LogP contribution in [0.25, 0.3) is 11.3 Å². The van der Waals surface area contributed by atoms with Gasteiger partial charge in [0.25, 0.3) is 5.91 Å². The molecule has 2 heterocycles. The van der Waals surface area contributed by atoms with Crippen LogP contribution in [-0.4, -0.2) is 52.6 Å². The number of aromatic nitrogens is 2. The van der Waals surface area contributed by atoms with E-state index in [1.807, 2.05) is 11.8 Å². The zero-order valence-corrected chi connectivity index (χ0v) is 19.9. The third-order valence-electron chi connectivity index (χ3n) is 5.51. The van der Waals surface area contributed by atoms with Crippen molar-refractivity contribution in [2.24, 2.45) is 0 Å². The third-order valence-corrected chi connectivity index (χ3v) is 6.20. The maximum absolute atomic E-state index is 13.0. The zero-order valence-electron chi connectivity index (χ0n) is 19.1. The first-order chi connectivity index (χ1) is 16.6. The lowest BCUT2D eigenvalue weighted by atomic mass is 10.0.